The van der Waals surface area contributed by atoms with E-state index < -0.39 is 15.9 Å². The molecule has 0 radical (unpaired) electrons. The van der Waals surface area contributed by atoms with E-state index in [1.807, 2.05) is 0 Å². The predicted octanol–water partition coefficient (Wildman–Crippen LogP) is 1.98. The maximum atomic E-state index is 12.3. The highest BCUT2D eigenvalue weighted by Gasteiger charge is 2.22. The summed E-state index contributed by atoms with van der Waals surface area (Å²) in [5, 5.41) is 10.6. The first-order valence-corrected chi connectivity index (χ1v) is 11.7. The number of sulfonamides is 1. The van der Waals surface area contributed by atoms with E-state index in [1.165, 1.54) is 45.5 Å². The molecule has 0 aliphatic carbocycles. The van der Waals surface area contributed by atoms with Crippen molar-refractivity contribution in [3.05, 3.63) is 30.2 Å². The van der Waals surface area contributed by atoms with Crippen LogP contribution in [0, 0.1) is 0 Å². The maximum absolute atomic E-state index is 12.3. The summed E-state index contributed by atoms with van der Waals surface area (Å²) in [5.41, 5.74) is 0.540. The smallest absolute Gasteiger partial charge is 0.308 e. The van der Waals surface area contributed by atoms with Crippen molar-refractivity contribution < 1.29 is 17.6 Å². The number of aromatic nitrogens is 2. The van der Waals surface area contributed by atoms with Gasteiger partial charge in [0.2, 0.25) is 15.9 Å². The molecule has 3 rings (SSSR count). The van der Waals surface area contributed by atoms with Crippen LogP contribution >= 0.6 is 0 Å². The Morgan fingerprint density at radius 1 is 1.23 bits per heavy atom. The van der Waals surface area contributed by atoms with Gasteiger partial charge in [-0.2, -0.15) is 0 Å². The third-order valence-electron chi connectivity index (χ3n) is 5.40. The lowest BCUT2D eigenvalue weighted by Crippen LogP contribution is -2.43. The maximum Gasteiger partial charge on any atom is 0.308 e. The largest absolute Gasteiger partial charge is 0.412 e. The zero-order valence-corrected chi connectivity index (χ0v) is 18.5. The Morgan fingerprint density at radius 2 is 1.97 bits per heavy atom. The number of amides is 1. The van der Waals surface area contributed by atoms with Crippen LogP contribution < -0.4 is 5.32 Å². The highest BCUT2D eigenvalue weighted by atomic mass is 32.2. The summed E-state index contributed by atoms with van der Waals surface area (Å²) in [4.78, 5) is 14.9. The van der Waals surface area contributed by atoms with Crippen LogP contribution in [0.1, 0.15) is 43.3 Å². The van der Waals surface area contributed by atoms with Gasteiger partial charge in [-0.1, -0.05) is 13.3 Å². The quantitative estimate of drug-likeness (QED) is 0.675. The van der Waals surface area contributed by atoms with Crippen LogP contribution in [0.15, 0.2) is 33.6 Å². The standard InChI is InChI=1S/C20H29N5O4S/c1-4-16-7-5-6-13-25(16)14-12-21-18(26)20-23-22-19(29-20)15-8-10-17(11-9-15)30(27,28)24(2)3/h8-11,16H,4-7,12-14H2,1-3H3,(H,21,26)/t16-/m1/s1. The van der Waals surface area contributed by atoms with Crippen LogP contribution in [-0.4, -0.2) is 73.5 Å². The highest BCUT2D eigenvalue weighted by Crippen LogP contribution is 2.22. The highest BCUT2D eigenvalue weighted by molar-refractivity contribution is 7.89. The molecule has 0 saturated carbocycles. The zero-order valence-electron chi connectivity index (χ0n) is 17.7. The van der Waals surface area contributed by atoms with E-state index in [9.17, 15) is 13.2 Å². The van der Waals surface area contributed by atoms with Crippen LogP contribution in [0.4, 0.5) is 0 Å². The molecule has 1 aromatic carbocycles. The van der Waals surface area contributed by atoms with Gasteiger partial charge in [0.15, 0.2) is 0 Å². The summed E-state index contributed by atoms with van der Waals surface area (Å²) in [7, 11) is -0.567. The molecule has 1 atom stereocenters. The molecule has 1 N–H and O–H groups in total. The van der Waals surface area contributed by atoms with Crippen molar-refractivity contribution in [3.8, 4) is 11.5 Å². The lowest BCUT2D eigenvalue weighted by atomic mass is 10.0. The molecule has 1 aliphatic rings. The molecule has 1 saturated heterocycles. The van der Waals surface area contributed by atoms with Gasteiger partial charge in [-0.25, -0.2) is 12.7 Å². The molecule has 2 heterocycles. The number of benzene rings is 1. The van der Waals surface area contributed by atoms with Gasteiger partial charge in [-0.3, -0.25) is 9.69 Å². The molecule has 0 unspecified atom stereocenters. The van der Waals surface area contributed by atoms with Crippen LogP contribution in [0.25, 0.3) is 11.5 Å². The number of likely N-dealkylation sites (tertiary alicyclic amines) is 1. The first kappa shape index (κ1) is 22.4. The van der Waals surface area contributed by atoms with E-state index in [2.05, 4.69) is 27.3 Å². The summed E-state index contributed by atoms with van der Waals surface area (Å²) >= 11 is 0. The Bertz CT molecular complexity index is 956. The molecule has 164 valence electrons. The van der Waals surface area contributed by atoms with E-state index in [0.717, 1.165) is 23.8 Å². The molecule has 1 aliphatic heterocycles. The Hall–Kier alpha value is -2.30. The molecule has 1 amide bonds. The van der Waals surface area contributed by atoms with Crippen molar-refractivity contribution in [1.82, 2.24) is 24.7 Å². The topological polar surface area (TPSA) is 109 Å². The summed E-state index contributed by atoms with van der Waals surface area (Å²) in [6.07, 6.45) is 4.81. The van der Waals surface area contributed by atoms with Gasteiger partial charge in [0.25, 0.3) is 0 Å². The molecular weight excluding hydrogens is 406 g/mol. The molecule has 0 bridgehead atoms. The molecule has 30 heavy (non-hydrogen) atoms. The zero-order chi connectivity index (χ0) is 21.7. The fourth-order valence-corrected chi connectivity index (χ4v) is 4.52. The number of carbonyl (C=O) groups excluding carboxylic acids is 1. The summed E-state index contributed by atoms with van der Waals surface area (Å²) in [6.45, 7) is 4.58. The average Bonchev–Trinajstić information content (AvgIpc) is 3.24. The van der Waals surface area contributed by atoms with E-state index in [1.54, 1.807) is 12.1 Å². The molecule has 1 fully saturated rings. The number of nitrogens with zero attached hydrogens (tertiary/aromatic N) is 4. The number of rotatable bonds is 8. The fraction of sp³-hybridized carbons (Fsp3) is 0.550. The molecule has 0 spiro atoms. The minimum atomic E-state index is -3.51. The Balaban J connectivity index is 1.58. The van der Waals surface area contributed by atoms with E-state index in [4.69, 9.17) is 4.42 Å². The van der Waals surface area contributed by atoms with Crippen LogP contribution in [0.5, 0.6) is 0 Å². The lowest BCUT2D eigenvalue weighted by molar-refractivity contribution is 0.0901. The minimum absolute atomic E-state index is 0.110. The Kier molecular flexibility index (Phi) is 7.22. The molecule has 9 nitrogen and oxygen atoms in total. The predicted molar refractivity (Wildman–Crippen MR) is 112 cm³/mol. The average molecular weight is 436 g/mol. The fourth-order valence-electron chi connectivity index (χ4n) is 3.62. The summed E-state index contributed by atoms with van der Waals surface area (Å²) in [5.74, 6) is -0.359. The van der Waals surface area contributed by atoms with Crippen LogP contribution in [0.3, 0.4) is 0 Å². The number of hydrogen-bond acceptors (Lipinski definition) is 7. The van der Waals surface area contributed by atoms with E-state index >= 15 is 0 Å². The van der Waals surface area contributed by atoms with Crippen molar-refractivity contribution in [2.45, 2.75) is 43.5 Å². The second-order valence-electron chi connectivity index (χ2n) is 7.57. The van der Waals surface area contributed by atoms with Crippen LogP contribution in [-0.2, 0) is 10.0 Å². The summed E-state index contributed by atoms with van der Waals surface area (Å²) < 4.78 is 30.9. The second-order valence-corrected chi connectivity index (χ2v) is 9.73. The van der Waals surface area contributed by atoms with Crippen molar-refractivity contribution in [1.29, 1.82) is 0 Å². The number of hydrogen-bond donors (Lipinski definition) is 1. The molecular formula is C20H29N5O4S. The first-order chi connectivity index (χ1) is 14.3. The normalized spacial score (nSPS) is 17.9. The molecule has 1 aromatic heterocycles. The van der Waals surface area contributed by atoms with Crippen molar-refractivity contribution >= 4 is 15.9 Å². The number of nitrogens with one attached hydrogen (secondary N) is 1. The first-order valence-electron chi connectivity index (χ1n) is 10.2. The third-order valence-corrected chi connectivity index (χ3v) is 7.23. The van der Waals surface area contributed by atoms with Crippen molar-refractivity contribution in [2.75, 3.05) is 33.7 Å². The molecule has 10 heteroatoms. The number of piperidine rings is 1. The van der Waals surface area contributed by atoms with E-state index in [0.29, 0.717) is 18.2 Å². The van der Waals surface area contributed by atoms with Gasteiger partial charge >= 0.3 is 11.8 Å². The van der Waals surface area contributed by atoms with Gasteiger partial charge < -0.3 is 9.73 Å². The van der Waals surface area contributed by atoms with Gasteiger partial charge in [0.05, 0.1) is 4.90 Å². The monoisotopic (exact) mass is 435 g/mol. The lowest BCUT2D eigenvalue weighted by Gasteiger charge is -2.35. The minimum Gasteiger partial charge on any atom is -0.412 e. The van der Waals surface area contributed by atoms with Crippen LogP contribution in [0.2, 0.25) is 0 Å². The SMILES string of the molecule is CC[C@@H]1CCCCN1CCNC(=O)c1nnc(-c2ccc(S(=O)(=O)N(C)C)cc2)o1. The summed E-state index contributed by atoms with van der Waals surface area (Å²) in [6, 6.07) is 6.68. The van der Waals surface area contributed by atoms with Gasteiger partial charge in [-0.05, 0) is 50.1 Å². The number of carbonyl (C=O) groups is 1. The molecule has 2 aromatic rings. The second kappa shape index (κ2) is 9.67. The van der Waals surface area contributed by atoms with Gasteiger partial charge in [-0.15, -0.1) is 10.2 Å². The van der Waals surface area contributed by atoms with E-state index in [-0.39, 0.29) is 16.7 Å². The van der Waals surface area contributed by atoms with Gasteiger partial charge in [0, 0.05) is 38.8 Å². The van der Waals surface area contributed by atoms with Crippen molar-refractivity contribution in [3.63, 3.8) is 0 Å². The van der Waals surface area contributed by atoms with Crippen molar-refractivity contribution in [2.24, 2.45) is 0 Å². The van der Waals surface area contributed by atoms with Gasteiger partial charge in [0.1, 0.15) is 0 Å². The third kappa shape index (κ3) is 5.05. The Labute approximate surface area is 177 Å². The Morgan fingerprint density at radius 3 is 2.63 bits per heavy atom.